The minimum atomic E-state index is -0.571. The molecule has 1 aliphatic rings. The molecule has 1 atom stereocenters. The van der Waals surface area contributed by atoms with Crippen molar-refractivity contribution < 1.29 is 0 Å². The van der Waals surface area contributed by atoms with Crippen LogP contribution in [0.2, 0.25) is 0 Å². The van der Waals surface area contributed by atoms with E-state index in [4.69, 9.17) is 0 Å². The molecule has 0 saturated heterocycles. The molecule has 0 heterocycles. The van der Waals surface area contributed by atoms with Crippen LogP contribution in [0.5, 0.6) is 0 Å². The summed E-state index contributed by atoms with van der Waals surface area (Å²) in [6.45, 7) is 0. The highest BCUT2D eigenvalue weighted by molar-refractivity contribution is 5.55. The van der Waals surface area contributed by atoms with Gasteiger partial charge >= 0.3 is 0 Å². The molecule has 18 heavy (non-hydrogen) atoms. The topological polar surface area (TPSA) is 35.8 Å². The van der Waals surface area contributed by atoms with Gasteiger partial charge in [-0.3, -0.25) is 0 Å². The number of rotatable bonds is 2. The van der Waals surface area contributed by atoms with Crippen LogP contribution >= 0.6 is 0 Å². The number of aryl methyl sites for hydroxylation is 1. The summed E-state index contributed by atoms with van der Waals surface area (Å²) < 4.78 is 0. The second kappa shape index (κ2) is 4.19. The lowest BCUT2D eigenvalue weighted by molar-refractivity contribution is 0.621. The molecule has 88 valence electrons. The van der Waals surface area contributed by atoms with Crippen LogP contribution < -0.4 is 5.32 Å². The number of nitriles is 1. The normalized spacial score (nSPS) is 21.1. The van der Waals surface area contributed by atoms with Crippen molar-refractivity contribution in [3.8, 4) is 6.07 Å². The van der Waals surface area contributed by atoms with Crippen LogP contribution in [0.4, 0.5) is 5.69 Å². The van der Waals surface area contributed by atoms with Gasteiger partial charge in [0, 0.05) is 5.69 Å². The van der Waals surface area contributed by atoms with Crippen molar-refractivity contribution in [3.05, 3.63) is 65.7 Å². The van der Waals surface area contributed by atoms with Crippen LogP contribution in [-0.2, 0) is 12.0 Å². The quantitative estimate of drug-likeness (QED) is 0.863. The molecule has 0 radical (unpaired) electrons. The number of hydrogen-bond donors (Lipinski definition) is 1. The van der Waals surface area contributed by atoms with E-state index in [2.05, 4.69) is 23.5 Å². The minimum Gasteiger partial charge on any atom is -0.364 e. The number of fused-ring (bicyclic) bond motifs is 1. The van der Waals surface area contributed by atoms with Crippen LogP contribution in [0.3, 0.4) is 0 Å². The summed E-state index contributed by atoms with van der Waals surface area (Å²) in [5.74, 6) is 0. The summed E-state index contributed by atoms with van der Waals surface area (Å²) in [6.07, 6.45) is 1.79. The molecule has 1 N–H and O–H groups in total. The van der Waals surface area contributed by atoms with Crippen molar-refractivity contribution in [2.45, 2.75) is 18.4 Å². The lowest BCUT2D eigenvalue weighted by Gasteiger charge is -2.25. The molecule has 1 unspecified atom stereocenters. The number of hydrogen-bond acceptors (Lipinski definition) is 2. The van der Waals surface area contributed by atoms with Gasteiger partial charge in [0.15, 0.2) is 5.54 Å². The first-order valence-corrected chi connectivity index (χ1v) is 6.17. The molecule has 2 aromatic rings. The molecule has 0 bridgehead atoms. The standard InChI is InChI=1S/C16H14N2/c17-12-16(18-14-7-2-1-3-8-14)11-10-13-6-4-5-9-15(13)16/h1-9,18H,10-11H2. The van der Waals surface area contributed by atoms with Crippen LogP contribution in [0.15, 0.2) is 54.6 Å². The van der Waals surface area contributed by atoms with E-state index in [1.807, 2.05) is 42.5 Å². The van der Waals surface area contributed by atoms with Gasteiger partial charge in [-0.15, -0.1) is 0 Å². The third-order valence-corrected chi connectivity index (χ3v) is 3.57. The van der Waals surface area contributed by atoms with E-state index in [-0.39, 0.29) is 0 Å². The summed E-state index contributed by atoms with van der Waals surface area (Å²) in [5.41, 5.74) is 2.83. The molecule has 0 aliphatic heterocycles. The number of benzene rings is 2. The minimum absolute atomic E-state index is 0.571. The van der Waals surface area contributed by atoms with E-state index in [0.717, 1.165) is 24.1 Å². The van der Waals surface area contributed by atoms with Gasteiger partial charge in [0.05, 0.1) is 6.07 Å². The maximum atomic E-state index is 9.61. The van der Waals surface area contributed by atoms with Crippen LogP contribution in [0, 0.1) is 11.3 Å². The molecule has 0 aromatic heterocycles. The van der Waals surface area contributed by atoms with Crippen LogP contribution in [-0.4, -0.2) is 0 Å². The Kier molecular flexibility index (Phi) is 2.53. The highest BCUT2D eigenvalue weighted by Gasteiger charge is 2.38. The zero-order valence-electron chi connectivity index (χ0n) is 10.1. The number of anilines is 1. The van der Waals surface area contributed by atoms with E-state index in [1.54, 1.807) is 0 Å². The Morgan fingerprint density at radius 2 is 1.72 bits per heavy atom. The second-order valence-corrected chi connectivity index (χ2v) is 4.67. The molecule has 2 nitrogen and oxygen atoms in total. The Bertz CT molecular complexity index is 598. The predicted octanol–water partition coefficient (Wildman–Crippen LogP) is 3.46. The molecule has 2 heteroatoms. The van der Waals surface area contributed by atoms with Crippen LogP contribution in [0.25, 0.3) is 0 Å². The highest BCUT2D eigenvalue weighted by Crippen LogP contribution is 2.38. The molecular formula is C16H14N2. The summed E-state index contributed by atoms with van der Waals surface area (Å²) in [7, 11) is 0. The molecule has 0 fully saturated rings. The molecule has 2 aromatic carbocycles. The molecule has 1 aliphatic carbocycles. The van der Waals surface area contributed by atoms with E-state index in [1.165, 1.54) is 5.56 Å². The van der Waals surface area contributed by atoms with Gasteiger partial charge in [0.2, 0.25) is 0 Å². The van der Waals surface area contributed by atoms with Gasteiger partial charge in [0.25, 0.3) is 0 Å². The van der Waals surface area contributed by atoms with Gasteiger partial charge in [0.1, 0.15) is 0 Å². The van der Waals surface area contributed by atoms with Gasteiger partial charge < -0.3 is 5.32 Å². The van der Waals surface area contributed by atoms with Crippen LogP contribution in [0.1, 0.15) is 17.5 Å². The van der Waals surface area contributed by atoms with E-state index >= 15 is 0 Å². The fraction of sp³-hybridized carbons (Fsp3) is 0.188. The molecule has 3 rings (SSSR count). The van der Waals surface area contributed by atoms with E-state index in [0.29, 0.717) is 0 Å². The largest absolute Gasteiger partial charge is 0.364 e. The summed E-state index contributed by atoms with van der Waals surface area (Å²) in [4.78, 5) is 0. The number of nitrogens with zero attached hydrogens (tertiary/aromatic N) is 1. The maximum absolute atomic E-state index is 9.61. The van der Waals surface area contributed by atoms with Gasteiger partial charge in [-0.2, -0.15) is 5.26 Å². The predicted molar refractivity (Wildman–Crippen MR) is 72.1 cm³/mol. The lowest BCUT2D eigenvalue weighted by Crippen LogP contribution is -2.30. The van der Waals surface area contributed by atoms with Crippen molar-refractivity contribution in [1.82, 2.24) is 0 Å². The zero-order chi connectivity index (χ0) is 12.4. The zero-order valence-corrected chi connectivity index (χ0v) is 10.1. The Labute approximate surface area is 107 Å². The fourth-order valence-electron chi connectivity index (χ4n) is 2.65. The Hall–Kier alpha value is -2.27. The van der Waals surface area contributed by atoms with Crippen molar-refractivity contribution in [1.29, 1.82) is 5.26 Å². The molecule has 0 saturated carbocycles. The number of nitrogens with one attached hydrogen (secondary N) is 1. The molecular weight excluding hydrogens is 220 g/mol. The SMILES string of the molecule is N#CC1(Nc2ccccc2)CCc2ccccc21. The molecule has 0 amide bonds. The lowest BCUT2D eigenvalue weighted by atomic mass is 9.93. The average Bonchev–Trinajstić information content (AvgIpc) is 2.80. The van der Waals surface area contributed by atoms with Gasteiger partial charge in [-0.05, 0) is 36.1 Å². The maximum Gasteiger partial charge on any atom is 0.151 e. The second-order valence-electron chi connectivity index (χ2n) is 4.67. The fourth-order valence-corrected chi connectivity index (χ4v) is 2.65. The Balaban J connectivity index is 2.01. The summed E-state index contributed by atoms with van der Waals surface area (Å²) in [5, 5.41) is 13.0. The highest BCUT2D eigenvalue weighted by atomic mass is 15.0. The van der Waals surface area contributed by atoms with Crippen molar-refractivity contribution in [3.63, 3.8) is 0 Å². The van der Waals surface area contributed by atoms with Crippen molar-refractivity contribution >= 4 is 5.69 Å². The molecule has 0 spiro atoms. The monoisotopic (exact) mass is 234 g/mol. The van der Waals surface area contributed by atoms with Crippen molar-refractivity contribution in [2.24, 2.45) is 0 Å². The van der Waals surface area contributed by atoms with Crippen molar-refractivity contribution in [2.75, 3.05) is 5.32 Å². The summed E-state index contributed by atoms with van der Waals surface area (Å²) >= 11 is 0. The van der Waals surface area contributed by atoms with Gasteiger partial charge in [-0.1, -0.05) is 42.5 Å². The third kappa shape index (κ3) is 1.65. The third-order valence-electron chi connectivity index (χ3n) is 3.57. The van der Waals surface area contributed by atoms with E-state index in [9.17, 15) is 5.26 Å². The smallest absolute Gasteiger partial charge is 0.151 e. The van der Waals surface area contributed by atoms with Gasteiger partial charge in [-0.25, -0.2) is 0 Å². The number of para-hydroxylation sites is 1. The first-order chi connectivity index (χ1) is 8.84. The first-order valence-electron chi connectivity index (χ1n) is 6.17. The Morgan fingerprint density at radius 1 is 1.00 bits per heavy atom. The van der Waals surface area contributed by atoms with E-state index < -0.39 is 5.54 Å². The first kappa shape index (κ1) is 10.9. The Morgan fingerprint density at radius 3 is 2.50 bits per heavy atom. The summed E-state index contributed by atoms with van der Waals surface area (Å²) in [6, 6.07) is 20.6. The average molecular weight is 234 g/mol.